The SMILES string of the molecule is COC(=O)c1ccccc1N=C1C(=O)N(C)c2ccccc21. The van der Waals surface area contributed by atoms with E-state index in [1.807, 2.05) is 24.3 Å². The third-order valence-corrected chi connectivity index (χ3v) is 3.57. The van der Waals surface area contributed by atoms with Gasteiger partial charge in [0.25, 0.3) is 5.91 Å². The Balaban J connectivity index is 2.15. The number of anilines is 1. The van der Waals surface area contributed by atoms with E-state index in [0.29, 0.717) is 17.0 Å². The summed E-state index contributed by atoms with van der Waals surface area (Å²) in [5, 5.41) is 0. The van der Waals surface area contributed by atoms with Gasteiger partial charge in [-0.05, 0) is 18.2 Å². The van der Waals surface area contributed by atoms with Gasteiger partial charge in [-0.2, -0.15) is 0 Å². The normalized spacial score (nSPS) is 15.1. The molecule has 5 heteroatoms. The summed E-state index contributed by atoms with van der Waals surface area (Å²) in [5.74, 6) is -0.673. The van der Waals surface area contributed by atoms with Crippen LogP contribution in [0.3, 0.4) is 0 Å². The van der Waals surface area contributed by atoms with Crippen molar-refractivity contribution in [2.75, 3.05) is 19.1 Å². The molecule has 0 saturated carbocycles. The van der Waals surface area contributed by atoms with E-state index in [-0.39, 0.29) is 5.91 Å². The predicted molar refractivity (Wildman–Crippen MR) is 83.8 cm³/mol. The number of hydrogen-bond acceptors (Lipinski definition) is 4. The maximum atomic E-state index is 12.4. The zero-order valence-electron chi connectivity index (χ0n) is 12.2. The number of aliphatic imine (C=N–C) groups is 1. The first kappa shape index (κ1) is 14.0. The van der Waals surface area contributed by atoms with Gasteiger partial charge in [0, 0.05) is 12.6 Å². The van der Waals surface area contributed by atoms with E-state index in [1.54, 1.807) is 36.2 Å². The number of esters is 1. The van der Waals surface area contributed by atoms with Crippen molar-refractivity contribution in [3.63, 3.8) is 0 Å². The van der Waals surface area contributed by atoms with Gasteiger partial charge in [-0.3, -0.25) is 4.79 Å². The number of amides is 1. The van der Waals surface area contributed by atoms with Crippen LogP contribution >= 0.6 is 0 Å². The number of fused-ring (bicyclic) bond motifs is 1. The molecule has 1 heterocycles. The molecule has 1 amide bonds. The Kier molecular flexibility index (Phi) is 3.47. The molecule has 22 heavy (non-hydrogen) atoms. The lowest BCUT2D eigenvalue weighted by atomic mass is 10.1. The van der Waals surface area contributed by atoms with Crippen LogP contribution in [0.15, 0.2) is 53.5 Å². The Labute approximate surface area is 127 Å². The molecule has 2 aromatic carbocycles. The van der Waals surface area contributed by atoms with E-state index >= 15 is 0 Å². The van der Waals surface area contributed by atoms with Gasteiger partial charge in [-0.1, -0.05) is 30.3 Å². The Hall–Kier alpha value is -2.95. The Morgan fingerprint density at radius 2 is 1.77 bits per heavy atom. The van der Waals surface area contributed by atoms with E-state index in [1.165, 1.54) is 7.11 Å². The lowest BCUT2D eigenvalue weighted by molar-refractivity contribution is -0.111. The molecule has 2 aromatic rings. The topological polar surface area (TPSA) is 59.0 Å². The number of carbonyl (C=O) groups is 2. The predicted octanol–water partition coefficient (Wildman–Crippen LogP) is 2.57. The molecule has 0 fully saturated rings. The molecule has 0 N–H and O–H groups in total. The monoisotopic (exact) mass is 294 g/mol. The number of benzene rings is 2. The summed E-state index contributed by atoms with van der Waals surface area (Å²) < 4.78 is 4.76. The van der Waals surface area contributed by atoms with Crippen LogP contribution in [0.25, 0.3) is 0 Å². The van der Waals surface area contributed by atoms with Crippen LogP contribution < -0.4 is 4.90 Å². The summed E-state index contributed by atoms with van der Waals surface area (Å²) in [7, 11) is 3.02. The molecular weight excluding hydrogens is 280 g/mol. The number of hydrogen-bond donors (Lipinski definition) is 0. The smallest absolute Gasteiger partial charge is 0.340 e. The van der Waals surface area contributed by atoms with Crippen LogP contribution in [0.1, 0.15) is 15.9 Å². The number of carbonyl (C=O) groups excluding carboxylic acids is 2. The molecule has 0 aromatic heterocycles. The molecule has 0 radical (unpaired) electrons. The van der Waals surface area contributed by atoms with Crippen molar-refractivity contribution >= 4 is 29.0 Å². The molecular formula is C17H14N2O3. The third kappa shape index (κ3) is 2.16. The highest BCUT2D eigenvalue weighted by atomic mass is 16.5. The standard InChI is InChI=1S/C17H14N2O3/c1-19-14-10-6-4-8-12(14)15(16(19)20)18-13-9-5-3-7-11(13)17(21)22-2/h3-10H,1-2H3. The fraction of sp³-hybridized carbons (Fsp3) is 0.118. The molecule has 0 atom stereocenters. The van der Waals surface area contributed by atoms with Gasteiger partial charge in [0.2, 0.25) is 0 Å². The van der Waals surface area contributed by atoms with Crippen LogP contribution in [0.5, 0.6) is 0 Å². The number of likely N-dealkylation sites (N-methyl/N-ethyl adjacent to an activating group) is 1. The van der Waals surface area contributed by atoms with Crippen LogP contribution in [-0.4, -0.2) is 31.7 Å². The minimum absolute atomic E-state index is 0.194. The van der Waals surface area contributed by atoms with E-state index in [4.69, 9.17) is 4.74 Å². The maximum Gasteiger partial charge on any atom is 0.340 e. The van der Waals surface area contributed by atoms with Gasteiger partial charge >= 0.3 is 5.97 Å². The lowest BCUT2D eigenvalue weighted by Crippen LogP contribution is -2.25. The molecule has 0 bridgehead atoms. The van der Waals surface area contributed by atoms with Crippen LogP contribution in [0.4, 0.5) is 11.4 Å². The minimum Gasteiger partial charge on any atom is -0.465 e. The summed E-state index contributed by atoms with van der Waals surface area (Å²) >= 11 is 0. The van der Waals surface area contributed by atoms with Gasteiger partial charge in [-0.25, -0.2) is 9.79 Å². The van der Waals surface area contributed by atoms with Crippen molar-refractivity contribution in [2.24, 2.45) is 4.99 Å². The molecule has 0 unspecified atom stereocenters. The molecule has 0 saturated heterocycles. The zero-order chi connectivity index (χ0) is 15.7. The number of para-hydroxylation sites is 2. The average Bonchev–Trinajstić information content (AvgIpc) is 2.80. The quantitative estimate of drug-likeness (QED) is 0.800. The van der Waals surface area contributed by atoms with Gasteiger partial charge in [-0.15, -0.1) is 0 Å². The number of methoxy groups -OCH3 is 1. The van der Waals surface area contributed by atoms with Crippen molar-refractivity contribution in [3.05, 3.63) is 59.7 Å². The molecule has 110 valence electrons. The largest absolute Gasteiger partial charge is 0.465 e. The first-order valence-electron chi connectivity index (χ1n) is 6.77. The van der Waals surface area contributed by atoms with Gasteiger partial charge in [0.05, 0.1) is 24.0 Å². The highest BCUT2D eigenvalue weighted by Crippen LogP contribution is 2.30. The summed E-state index contributed by atoms with van der Waals surface area (Å²) in [4.78, 5) is 30.2. The Morgan fingerprint density at radius 1 is 1.09 bits per heavy atom. The van der Waals surface area contributed by atoms with E-state index in [2.05, 4.69) is 4.99 Å². The molecule has 1 aliphatic heterocycles. The lowest BCUT2D eigenvalue weighted by Gasteiger charge is -2.07. The maximum absolute atomic E-state index is 12.4. The van der Waals surface area contributed by atoms with Crippen LogP contribution in [0.2, 0.25) is 0 Å². The van der Waals surface area contributed by atoms with E-state index < -0.39 is 5.97 Å². The number of nitrogens with zero attached hydrogens (tertiary/aromatic N) is 2. The van der Waals surface area contributed by atoms with Crippen molar-refractivity contribution in [1.82, 2.24) is 0 Å². The first-order valence-corrected chi connectivity index (χ1v) is 6.77. The molecule has 3 rings (SSSR count). The van der Waals surface area contributed by atoms with Crippen molar-refractivity contribution < 1.29 is 14.3 Å². The minimum atomic E-state index is -0.480. The second-order valence-electron chi connectivity index (χ2n) is 4.85. The molecule has 0 aliphatic carbocycles. The second kappa shape index (κ2) is 5.44. The summed E-state index contributed by atoms with van der Waals surface area (Å²) in [6.07, 6.45) is 0. The molecule has 5 nitrogen and oxygen atoms in total. The van der Waals surface area contributed by atoms with Crippen LogP contribution in [-0.2, 0) is 9.53 Å². The van der Waals surface area contributed by atoms with Crippen LogP contribution in [0, 0.1) is 0 Å². The van der Waals surface area contributed by atoms with Crippen molar-refractivity contribution in [2.45, 2.75) is 0 Å². The molecule has 0 spiro atoms. The first-order chi connectivity index (χ1) is 10.6. The van der Waals surface area contributed by atoms with E-state index in [9.17, 15) is 9.59 Å². The Morgan fingerprint density at radius 3 is 2.55 bits per heavy atom. The number of rotatable bonds is 2. The third-order valence-electron chi connectivity index (χ3n) is 3.57. The highest BCUT2D eigenvalue weighted by molar-refractivity contribution is 6.54. The Bertz CT molecular complexity index is 796. The highest BCUT2D eigenvalue weighted by Gasteiger charge is 2.31. The second-order valence-corrected chi connectivity index (χ2v) is 4.85. The van der Waals surface area contributed by atoms with Gasteiger partial charge in [0.15, 0.2) is 0 Å². The summed E-state index contributed by atoms with van der Waals surface area (Å²) in [6.45, 7) is 0. The zero-order valence-corrected chi connectivity index (χ0v) is 12.2. The van der Waals surface area contributed by atoms with E-state index in [0.717, 1.165) is 11.3 Å². The average molecular weight is 294 g/mol. The van der Waals surface area contributed by atoms with Gasteiger partial charge < -0.3 is 9.64 Å². The fourth-order valence-electron chi connectivity index (χ4n) is 2.43. The van der Waals surface area contributed by atoms with Crippen molar-refractivity contribution in [3.8, 4) is 0 Å². The van der Waals surface area contributed by atoms with Crippen molar-refractivity contribution in [1.29, 1.82) is 0 Å². The summed E-state index contributed by atoms with van der Waals surface area (Å²) in [5.41, 5.74) is 2.64. The van der Waals surface area contributed by atoms with Gasteiger partial charge in [0.1, 0.15) is 5.71 Å². The molecule has 1 aliphatic rings. The number of ether oxygens (including phenoxy) is 1. The summed E-state index contributed by atoms with van der Waals surface area (Å²) in [6, 6.07) is 14.2. The fourth-order valence-corrected chi connectivity index (χ4v) is 2.43.